The Kier molecular flexibility index (Phi) is 6.73. The van der Waals surface area contributed by atoms with Gasteiger partial charge in [-0.05, 0) is 31.9 Å². The summed E-state index contributed by atoms with van der Waals surface area (Å²) in [4.78, 5) is 14.5. The summed E-state index contributed by atoms with van der Waals surface area (Å²) >= 11 is 1.69. The zero-order valence-electron chi connectivity index (χ0n) is 13.8. The average Bonchev–Trinajstić information content (AvgIpc) is 2.48. The van der Waals surface area contributed by atoms with Gasteiger partial charge in [-0.3, -0.25) is 9.69 Å². The van der Waals surface area contributed by atoms with Gasteiger partial charge < -0.3 is 10.1 Å². The third kappa shape index (κ3) is 5.30. The zero-order valence-corrected chi connectivity index (χ0v) is 14.6. The number of aryl methyl sites for hydroxylation is 3. The van der Waals surface area contributed by atoms with Crippen LogP contribution in [0.5, 0.6) is 0 Å². The molecule has 1 heterocycles. The quantitative estimate of drug-likeness (QED) is 0.818. The lowest BCUT2D eigenvalue weighted by Gasteiger charge is -2.26. The molecule has 4 nitrogen and oxygen atoms in total. The molecule has 22 heavy (non-hydrogen) atoms. The summed E-state index contributed by atoms with van der Waals surface area (Å²) in [5.74, 6) is 1.58. The maximum absolute atomic E-state index is 12.1. The number of amides is 1. The van der Waals surface area contributed by atoms with Crippen LogP contribution in [0.2, 0.25) is 0 Å². The SMILES string of the molecule is Cc1cc(C)c(NC(=O)CSCCN2CCOCC2)c(C)c1. The largest absolute Gasteiger partial charge is 0.379 e. The number of benzene rings is 1. The van der Waals surface area contributed by atoms with Crippen LogP contribution in [-0.4, -0.2) is 55.2 Å². The summed E-state index contributed by atoms with van der Waals surface area (Å²) in [6.45, 7) is 10.9. The Morgan fingerprint density at radius 1 is 1.23 bits per heavy atom. The lowest BCUT2D eigenvalue weighted by Crippen LogP contribution is -2.37. The molecule has 1 fully saturated rings. The summed E-state index contributed by atoms with van der Waals surface area (Å²) < 4.78 is 5.33. The van der Waals surface area contributed by atoms with E-state index in [0.29, 0.717) is 5.75 Å². The molecule has 0 unspecified atom stereocenters. The van der Waals surface area contributed by atoms with Crippen LogP contribution in [-0.2, 0) is 9.53 Å². The molecule has 0 atom stereocenters. The lowest BCUT2D eigenvalue weighted by molar-refractivity contribution is -0.113. The van der Waals surface area contributed by atoms with E-state index < -0.39 is 0 Å². The predicted octanol–water partition coefficient (Wildman–Crippen LogP) is 2.62. The van der Waals surface area contributed by atoms with Gasteiger partial charge in [0.2, 0.25) is 5.91 Å². The summed E-state index contributed by atoms with van der Waals surface area (Å²) in [6, 6.07) is 4.21. The predicted molar refractivity (Wildman–Crippen MR) is 93.9 cm³/mol. The number of carbonyl (C=O) groups is 1. The molecule has 1 saturated heterocycles. The molecule has 0 saturated carbocycles. The minimum atomic E-state index is 0.0852. The van der Waals surface area contributed by atoms with Crippen LogP contribution in [0.25, 0.3) is 0 Å². The molecule has 122 valence electrons. The topological polar surface area (TPSA) is 41.6 Å². The minimum Gasteiger partial charge on any atom is -0.379 e. The van der Waals surface area contributed by atoms with Crippen LogP contribution in [0.1, 0.15) is 16.7 Å². The number of nitrogens with one attached hydrogen (secondary N) is 1. The second-order valence-corrected chi connectivity index (χ2v) is 6.93. The number of ether oxygens (including phenoxy) is 1. The number of anilines is 1. The van der Waals surface area contributed by atoms with E-state index >= 15 is 0 Å². The summed E-state index contributed by atoms with van der Waals surface area (Å²) in [5, 5.41) is 3.05. The maximum atomic E-state index is 12.1. The molecule has 0 radical (unpaired) electrons. The Morgan fingerprint density at radius 2 is 1.86 bits per heavy atom. The van der Waals surface area contributed by atoms with Gasteiger partial charge in [-0.25, -0.2) is 0 Å². The smallest absolute Gasteiger partial charge is 0.234 e. The van der Waals surface area contributed by atoms with Crippen molar-refractivity contribution in [2.24, 2.45) is 0 Å². The van der Waals surface area contributed by atoms with Crippen molar-refractivity contribution in [2.75, 3.05) is 49.7 Å². The number of hydrogen-bond acceptors (Lipinski definition) is 4. The summed E-state index contributed by atoms with van der Waals surface area (Å²) in [5.41, 5.74) is 4.45. The van der Waals surface area contributed by atoms with Gasteiger partial charge in [-0.2, -0.15) is 11.8 Å². The van der Waals surface area contributed by atoms with Crippen molar-refractivity contribution in [3.63, 3.8) is 0 Å². The van der Waals surface area contributed by atoms with Crippen molar-refractivity contribution in [2.45, 2.75) is 20.8 Å². The second kappa shape index (κ2) is 8.56. The van der Waals surface area contributed by atoms with E-state index in [4.69, 9.17) is 4.74 Å². The molecule has 5 heteroatoms. The zero-order chi connectivity index (χ0) is 15.9. The Labute approximate surface area is 137 Å². The highest BCUT2D eigenvalue weighted by molar-refractivity contribution is 7.99. The number of rotatable bonds is 6. The first kappa shape index (κ1) is 17.3. The highest BCUT2D eigenvalue weighted by atomic mass is 32.2. The fraction of sp³-hybridized carbons (Fsp3) is 0.588. The van der Waals surface area contributed by atoms with Gasteiger partial charge in [-0.15, -0.1) is 0 Å². The standard InChI is InChI=1S/C17H26N2O2S/c1-13-10-14(2)17(15(3)11-13)18-16(20)12-22-9-6-19-4-7-21-8-5-19/h10-11H,4-9,12H2,1-3H3,(H,18,20). The first-order valence-electron chi connectivity index (χ1n) is 7.82. The summed E-state index contributed by atoms with van der Waals surface area (Å²) in [7, 11) is 0. The molecule has 2 rings (SSSR count). The number of carbonyl (C=O) groups excluding carboxylic acids is 1. The number of morpholine rings is 1. The van der Waals surface area contributed by atoms with E-state index in [1.807, 2.05) is 13.8 Å². The van der Waals surface area contributed by atoms with Gasteiger partial charge >= 0.3 is 0 Å². The van der Waals surface area contributed by atoms with Crippen molar-refractivity contribution in [3.05, 3.63) is 28.8 Å². The number of thioether (sulfide) groups is 1. The third-order valence-electron chi connectivity index (χ3n) is 3.83. The lowest BCUT2D eigenvalue weighted by atomic mass is 10.1. The van der Waals surface area contributed by atoms with Gasteiger partial charge in [0.1, 0.15) is 0 Å². The van der Waals surface area contributed by atoms with E-state index in [1.165, 1.54) is 5.56 Å². The first-order chi connectivity index (χ1) is 10.6. The molecule has 0 aromatic heterocycles. The van der Waals surface area contributed by atoms with Crippen molar-refractivity contribution < 1.29 is 9.53 Å². The minimum absolute atomic E-state index is 0.0852. The van der Waals surface area contributed by atoms with Crippen LogP contribution < -0.4 is 5.32 Å². The molecule has 1 aliphatic rings. The molecule has 1 aromatic carbocycles. The molecule has 0 aliphatic carbocycles. The Morgan fingerprint density at radius 3 is 2.50 bits per heavy atom. The van der Waals surface area contributed by atoms with E-state index in [2.05, 4.69) is 29.3 Å². The van der Waals surface area contributed by atoms with Crippen LogP contribution in [0, 0.1) is 20.8 Å². The highest BCUT2D eigenvalue weighted by Gasteiger charge is 2.11. The molecule has 1 amide bonds. The molecule has 1 aromatic rings. The third-order valence-corrected chi connectivity index (χ3v) is 4.77. The maximum Gasteiger partial charge on any atom is 0.234 e. The monoisotopic (exact) mass is 322 g/mol. The van der Waals surface area contributed by atoms with Crippen LogP contribution in [0.3, 0.4) is 0 Å². The van der Waals surface area contributed by atoms with Crippen LogP contribution >= 0.6 is 11.8 Å². The van der Waals surface area contributed by atoms with E-state index in [-0.39, 0.29) is 5.91 Å². The number of hydrogen-bond donors (Lipinski definition) is 1. The Bertz CT molecular complexity index is 490. The number of nitrogens with zero attached hydrogens (tertiary/aromatic N) is 1. The van der Waals surface area contributed by atoms with Gasteiger partial charge in [0.15, 0.2) is 0 Å². The van der Waals surface area contributed by atoms with E-state index in [0.717, 1.165) is 55.4 Å². The Hall–Kier alpha value is -1.04. The van der Waals surface area contributed by atoms with E-state index in [9.17, 15) is 4.79 Å². The molecule has 1 aliphatic heterocycles. The first-order valence-corrected chi connectivity index (χ1v) is 8.97. The highest BCUT2D eigenvalue weighted by Crippen LogP contribution is 2.22. The van der Waals surface area contributed by atoms with Gasteiger partial charge in [0.25, 0.3) is 0 Å². The van der Waals surface area contributed by atoms with Crippen molar-refractivity contribution in [3.8, 4) is 0 Å². The molecule has 0 spiro atoms. The fourth-order valence-corrected chi connectivity index (χ4v) is 3.53. The normalized spacial score (nSPS) is 15.8. The molecular weight excluding hydrogens is 296 g/mol. The van der Waals surface area contributed by atoms with Crippen molar-refractivity contribution in [1.82, 2.24) is 4.90 Å². The molecular formula is C17H26N2O2S. The van der Waals surface area contributed by atoms with Gasteiger partial charge in [0, 0.05) is 31.1 Å². The fourth-order valence-electron chi connectivity index (χ4n) is 2.74. The van der Waals surface area contributed by atoms with Gasteiger partial charge in [0.05, 0.1) is 19.0 Å². The summed E-state index contributed by atoms with van der Waals surface area (Å²) in [6.07, 6.45) is 0. The van der Waals surface area contributed by atoms with Crippen molar-refractivity contribution in [1.29, 1.82) is 0 Å². The van der Waals surface area contributed by atoms with Crippen LogP contribution in [0.4, 0.5) is 5.69 Å². The second-order valence-electron chi connectivity index (χ2n) is 5.83. The van der Waals surface area contributed by atoms with Crippen LogP contribution in [0.15, 0.2) is 12.1 Å². The van der Waals surface area contributed by atoms with Gasteiger partial charge in [-0.1, -0.05) is 17.7 Å². The molecule has 0 bridgehead atoms. The van der Waals surface area contributed by atoms with E-state index in [1.54, 1.807) is 11.8 Å². The molecule has 1 N–H and O–H groups in total. The van der Waals surface area contributed by atoms with Crippen molar-refractivity contribution >= 4 is 23.4 Å². The Balaban J connectivity index is 1.71. The average molecular weight is 322 g/mol.